The van der Waals surface area contributed by atoms with Gasteiger partial charge < -0.3 is 36.6 Å². The van der Waals surface area contributed by atoms with E-state index in [1.54, 1.807) is 0 Å². The molecule has 4 aliphatic rings. The number of hydrogen-bond donors (Lipinski definition) is 6. The molecule has 0 aromatic heterocycles. The fourth-order valence-electron chi connectivity index (χ4n) is 7.32. The van der Waals surface area contributed by atoms with Crippen LogP contribution in [0.2, 0.25) is 0 Å². The standard InChI is InChI=1S/C28H44N4O6/c29-13-14-30-28(37)38-25(23(31-26(33)34)15-21-17-9-5-1-2-6-10-18(17)21)24(32-27(35)36)16-22-19-11-7-3-4-8-12-20(19)22/h1-4,17-25,31-32H,5-16,29H2,(H,30,37)(H,33,34)(H,35,36)/b2-1+,4-3+. The summed E-state index contributed by atoms with van der Waals surface area (Å²) in [5.74, 6) is 2.70. The minimum atomic E-state index is -1.21. The molecule has 0 radical (unpaired) electrons. The molecule has 6 unspecified atom stereocenters. The molecule has 0 aliphatic heterocycles. The van der Waals surface area contributed by atoms with Crippen molar-refractivity contribution in [3.05, 3.63) is 24.3 Å². The summed E-state index contributed by atoms with van der Waals surface area (Å²) >= 11 is 0. The maximum Gasteiger partial charge on any atom is 0.407 e. The predicted molar refractivity (Wildman–Crippen MR) is 143 cm³/mol. The first-order chi connectivity index (χ1) is 18.4. The molecule has 0 spiro atoms. The number of amides is 3. The number of fused-ring (bicyclic) bond motifs is 2. The van der Waals surface area contributed by atoms with Gasteiger partial charge in [0.25, 0.3) is 0 Å². The van der Waals surface area contributed by atoms with Gasteiger partial charge in [0, 0.05) is 13.1 Å². The van der Waals surface area contributed by atoms with Crippen molar-refractivity contribution in [2.75, 3.05) is 13.1 Å². The fraction of sp³-hybridized carbons (Fsp3) is 0.750. The maximum atomic E-state index is 12.7. The summed E-state index contributed by atoms with van der Waals surface area (Å²) in [6.07, 6.45) is 14.1. The van der Waals surface area contributed by atoms with Crippen LogP contribution in [0.1, 0.15) is 64.2 Å². The average molecular weight is 533 g/mol. The number of nitrogens with two attached hydrogens (primary N) is 1. The molecule has 212 valence electrons. The van der Waals surface area contributed by atoms with Crippen molar-refractivity contribution < 1.29 is 29.3 Å². The lowest BCUT2D eigenvalue weighted by Gasteiger charge is -2.34. The highest BCUT2D eigenvalue weighted by Gasteiger charge is 2.53. The van der Waals surface area contributed by atoms with Crippen LogP contribution in [0.5, 0.6) is 0 Å². The Labute approximate surface area is 224 Å². The Morgan fingerprint density at radius 1 is 0.763 bits per heavy atom. The summed E-state index contributed by atoms with van der Waals surface area (Å²) in [6.45, 7) is 0.436. The van der Waals surface area contributed by atoms with Gasteiger partial charge in [-0.2, -0.15) is 0 Å². The maximum absolute atomic E-state index is 12.7. The molecule has 10 nitrogen and oxygen atoms in total. The van der Waals surface area contributed by atoms with Crippen LogP contribution in [0.4, 0.5) is 14.4 Å². The SMILES string of the molecule is NCCNC(=O)OC(C(CC1C2CC/C=C/CCC21)NC(=O)O)C(CC1C2CC/C=C/CCC21)NC(=O)O. The number of carbonyl (C=O) groups excluding carboxylic acids is 1. The summed E-state index contributed by atoms with van der Waals surface area (Å²) in [6, 6.07) is -1.46. The molecule has 0 aromatic carbocycles. The van der Waals surface area contributed by atoms with Gasteiger partial charge in [0.15, 0.2) is 0 Å². The van der Waals surface area contributed by atoms with Gasteiger partial charge in [-0.3, -0.25) is 0 Å². The van der Waals surface area contributed by atoms with Crippen LogP contribution in [0.15, 0.2) is 24.3 Å². The number of rotatable bonds is 11. The number of hydrogen-bond acceptors (Lipinski definition) is 5. The predicted octanol–water partition coefficient (Wildman–Crippen LogP) is 4.08. The van der Waals surface area contributed by atoms with Crippen molar-refractivity contribution in [2.45, 2.75) is 82.4 Å². The van der Waals surface area contributed by atoms with E-state index in [1.807, 2.05) is 0 Å². The molecule has 0 saturated heterocycles. The molecule has 6 atom stereocenters. The monoisotopic (exact) mass is 532 g/mol. The second-order valence-corrected chi connectivity index (χ2v) is 11.4. The van der Waals surface area contributed by atoms with Gasteiger partial charge in [-0.1, -0.05) is 24.3 Å². The Bertz CT molecular complexity index is 803. The van der Waals surface area contributed by atoms with Crippen molar-refractivity contribution in [1.29, 1.82) is 0 Å². The molecule has 4 aliphatic carbocycles. The number of allylic oxidation sites excluding steroid dienone is 4. The third-order valence-corrected chi connectivity index (χ3v) is 9.14. The number of nitrogens with one attached hydrogen (secondary N) is 3. The van der Waals surface area contributed by atoms with Gasteiger partial charge in [-0.15, -0.1) is 0 Å². The van der Waals surface area contributed by atoms with Gasteiger partial charge in [0.1, 0.15) is 6.10 Å². The number of ether oxygens (including phenoxy) is 1. The van der Waals surface area contributed by atoms with Gasteiger partial charge in [-0.25, -0.2) is 14.4 Å². The second kappa shape index (κ2) is 13.4. The summed E-state index contributed by atoms with van der Waals surface area (Å²) in [5.41, 5.74) is 5.53. The Morgan fingerprint density at radius 2 is 1.16 bits per heavy atom. The molecule has 38 heavy (non-hydrogen) atoms. The van der Waals surface area contributed by atoms with Gasteiger partial charge in [0.05, 0.1) is 12.1 Å². The highest BCUT2D eigenvalue weighted by molar-refractivity contribution is 5.69. The number of carboxylic acid groups (broad SMARTS) is 2. The molecule has 0 bridgehead atoms. The van der Waals surface area contributed by atoms with E-state index in [0.29, 0.717) is 48.3 Å². The number of alkyl carbamates (subject to hydrolysis) is 1. The summed E-state index contributed by atoms with van der Waals surface area (Å²) < 4.78 is 5.86. The van der Waals surface area contributed by atoms with E-state index in [2.05, 4.69) is 40.3 Å². The Balaban J connectivity index is 1.54. The molecule has 10 heteroatoms. The van der Waals surface area contributed by atoms with E-state index >= 15 is 0 Å². The highest BCUT2D eigenvalue weighted by Crippen LogP contribution is 2.57. The van der Waals surface area contributed by atoms with Gasteiger partial charge >= 0.3 is 18.3 Å². The molecule has 0 aromatic rings. The molecule has 3 amide bonds. The van der Waals surface area contributed by atoms with Crippen molar-refractivity contribution in [3.63, 3.8) is 0 Å². The Kier molecular flexibility index (Phi) is 9.93. The molecular weight excluding hydrogens is 488 g/mol. The molecule has 2 fully saturated rings. The van der Waals surface area contributed by atoms with E-state index in [1.165, 1.54) is 0 Å². The van der Waals surface area contributed by atoms with E-state index in [9.17, 15) is 24.6 Å². The average Bonchev–Trinajstić information content (AvgIpc) is 3.67. The van der Waals surface area contributed by atoms with E-state index in [-0.39, 0.29) is 13.1 Å². The zero-order valence-corrected chi connectivity index (χ0v) is 22.1. The Hall–Kier alpha value is -2.75. The van der Waals surface area contributed by atoms with Crippen molar-refractivity contribution in [2.24, 2.45) is 41.2 Å². The third kappa shape index (κ3) is 7.65. The number of carbonyl (C=O) groups is 3. The van der Waals surface area contributed by atoms with Gasteiger partial charge in [-0.05, 0) is 99.7 Å². The van der Waals surface area contributed by atoms with Gasteiger partial charge in [0.2, 0.25) is 0 Å². The molecular formula is C28H44N4O6. The van der Waals surface area contributed by atoms with Crippen molar-refractivity contribution in [3.8, 4) is 0 Å². The largest absolute Gasteiger partial charge is 0.465 e. The van der Waals surface area contributed by atoms with Crippen LogP contribution in [-0.2, 0) is 4.74 Å². The quantitative estimate of drug-likeness (QED) is 0.218. The molecule has 2 saturated carbocycles. The lowest BCUT2D eigenvalue weighted by molar-refractivity contribution is 0.0402. The van der Waals surface area contributed by atoms with Crippen LogP contribution >= 0.6 is 0 Å². The first kappa shape index (κ1) is 28.3. The highest BCUT2D eigenvalue weighted by atomic mass is 16.6. The fourth-order valence-corrected chi connectivity index (χ4v) is 7.32. The zero-order valence-electron chi connectivity index (χ0n) is 22.1. The second-order valence-electron chi connectivity index (χ2n) is 11.4. The van der Waals surface area contributed by atoms with E-state index in [0.717, 1.165) is 51.4 Å². The first-order valence-electron chi connectivity index (χ1n) is 14.3. The lowest BCUT2D eigenvalue weighted by Crippen LogP contribution is -2.57. The first-order valence-corrected chi connectivity index (χ1v) is 14.3. The Morgan fingerprint density at radius 3 is 1.50 bits per heavy atom. The third-order valence-electron chi connectivity index (χ3n) is 9.14. The lowest BCUT2D eigenvalue weighted by atomic mass is 9.92. The van der Waals surface area contributed by atoms with Crippen LogP contribution in [0.25, 0.3) is 0 Å². The van der Waals surface area contributed by atoms with Crippen LogP contribution in [-0.4, -0.2) is 59.8 Å². The molecule has 4 rings (SSSR count). The van der Waals surface area contributed by atoms with E-state index < -0.39 is 36.5 Å². The minimum Gasteiger partial charge on any atom is -0.465 e. The van der Waals surface area contributed by atoms with Crippen molar-refractivity contribution >= 4 is 18.3 Å². The van der Waals surface area contributed by atoms with E-state index in [4.69, 9.17) is 10.5 Å². The van der Waals surface area contributed by atoms with Crippen LogP contribution in [0, 0.1) is 35.5 Å². The van der Waals surface area contributed by atoms with Crippen molar-refractivity contribution in [1.82, 2.24) is 16.0 Å². The summed E-state index contributed by atoms with van der Waals surface area (Å²) in [5, 5.41) is 27.3. The topological polar surface area (TPSA) is 163 Å². The normalized spacial score (nSPS) is 33.6. The smallest absolute Gasteiger partial charge is 0.407 e. The minimum absolute atomic E-state index is 0.207. The molecule has 0 heterocycles. The molecule has 7 N–H and O–H groups in total. The van der Waals surface area contributed by atoms with Crippen LogP contribution < -0.4 is 21.7 Å². The summed E-state index contributed by atoms with van der Waals surface area (Å²) in [7, 11) is 0. The summed E-state index contributed by atoms with van der Waals surface area (Å²) in [4.78, 5) is 36.6. The van der Waals surface area contributed by atoms with Crippen LogP contribution in [0.3, 0.4) is 0 Å². The zero-order chi connectivity index (χ0) is 27.1.